The maximum Gasteiger partial charge on any atom is 0.416 e. The highest BCUT2D eigenvalue weighted by molar-refractivity contribution is 5.99. The van der Waals surface area contributed by atoms with Gasteiger partial charge in [0.05, 0.1) is 11.1 Å². The molecule has 0 unspecified atom stereocenters. The zero-order valence-electron chi connectivity index (χ0n) is 25.9. The summed E-state index contributed by atoms with van der Waals surface area (Å²) in [7, 11) is 0. The molecule has 5 aromatic rings. The van der Waals surface area contributed by atoms with Crippen molar-refractivity contribution in [3.8, 4) is 44.9 Å². The third-order valence-electron chi connectivity index (χ3n) is 7.89. The molecule has 0 fully saturated rings. The molecule has 0 atom stereocenters. The molecular formula is C38H34F6O. The first-order valence-electron chi connectivity index (χ1n) is 14.6. The zero-order chi connectivity index (χ0) is 32.9. The van der Waals surface area contributed by atoms with Gasteiger partial charge in [-0.05, 0) is 57.3 Å². The van der Waals surface area contributed by atoms with E-state index in [-0.39, 0.29) is 33.5 Å². The summed E-state index contributed by atoms with van der Waals surface area (Å²) in [6.07, 6.45) is -9.21. The number of halogens is 6. The van der Waals surface area contributed by atoms with Gasteiger partial charge in [0.2, 0.25) is 0 Å². The Labute approximate surface area is 259 Å². The van der Waals surface area contributed by atoms with Crippen LogP contribution in [0.25, 0.3) is 44.9 Å². The van der Waals surface area contributed by atoms with E-state index in [1.165, 1.54) is 24.3 Å². The second-order valence-electron chi connectivity index (χ2n) is 13.3. The molecule has 0 aliphatic carbocycles. The maximum atomic E-state index is 13.8. The molecule has 0 radical (unpaired) electrons. The number of hydrogen-bond donors (Lipinski definition) is 0. The average molecular weight is 621 g/mol. The molecule has 1 nitrogen and oxygen atoms in total. The van der Waals surface area contributed by atoms with E-state index in [1.54, 1.807) is 0 Å². The van der Waals surface area contributed by atoms with Crippen LogP contribution in [0, 0.1) is 0 Å². The summed E-state index contributed by atoms with van der Waals surface area (Å²) in [4.78, 5) is 0. The van der Waals surface area contributed by atoms with E-state index in [2.05, 4.69) is 41.5 Å². The summed E-state index contributed by atoms with van der Waals surface area (Å²) in [5.74, 6) is 0.263. The number of rotatable bonds is 4. The Hall–Kier alpha value is -4.26. The quantitative estimate of drug-likeness (QED) is 0.182. The fraction of sp³-hybridized carbons (Fsp3) is 0.263. The van der Waals surface area contributed by atoms with Crippen LogP contribution >= 0.6 is 0 Å². The van der Waals surface area contributed by atoms with Crippen LogP contribution in [0.4, 0.5) is 26.3 Å². The lowest BCUT2D eigenvalue weighted by molar-refractivity contribution is -0.138. The van der Waals surface area contributed by atoms with Crippen molar-refractivity contribution in [3.05, 3.63) is 119 Å². The molecule has 0 saturated carbocycles. The summed E-state index contributed by atoms with van der Waals surface area (Å²) in [5.41, 5.74) is 2.67. The first kappa shape index (κ1) is 32.1. The van der Waals surface area contributed by atoms with Crippen molar-refractivity contribution in [2.45, 2.75) is 64.7 Å². The standard InChI is InChI=1S/C38H34F6O/c1-35(2,3)27-17-13-23(14-18-27)31-32(24-15-19-28(20-16-24)36(4,5)6)34(26-10-8-12-30(22-26)38(42,43)44)45-33(31)25-9-7-11-29(21-25)37(39,40)41/h7-22H,1-6H3. The van der Waals surface area contributed by atoms with E-state index < -0.39 is 23.5 Å². The predicted molar refractivity (Wildman–Crippen MR) is 168 cm³/mol. The largest absolute Gasteiger partial charge is 0.455 e. The van der Waals surface area contributed by atoms with Crippen LogP contribution in [0.2, 0.25) is 0 Å². The van der Waals surface area contributed by atoms with Crippen molar-refractivity contribution in [1.82, 2.24) is 0 Å². The monoisotopic (exact) mass is 620 g/mol. The van der Waals surface area contributed by atoms with Gasteiger partial charge in [0, 0.05) is 22.3 Å². The predicted octanol–water partition coefficient (Wildman–Crippen LogP) is 12.6. The van der Waals surface area contributed by atoms with Crippen LogP contribution in [0.5, 0.6) is 0 Å². The Morgan fingerprint density at radius 3 is 1.02 bits per heavy atom. The molecule has 4 aromatic carbocycles. The molecule has 0 saturated heterocycles. The molecule has 0 spiro atoms. The molecule has 0 aliphatic heterocycles. The second-order valence-corrected chi connectivity index (χ2v) is 13.3. The van der Waals surface area contributed by atoms with Crippen LogP contribution < -0.4 is 0 Å². The van der Waals surface area contributed by atoms with Gasteiger partial charge in [-0.15, -0.1) is 0 Å². The van der Waals surface area contributed by atoms with Crippen LogP contribution in [-0.4, -0.2) is 0 Å². The molecule has 0 N–H and O–H groups in total. The molecule has 1 heterocycles. The first-order chi connectivity index (χ1) is 20.8. The van der Waals surface area contributed by atoms with Gasteiger partial charge in [0.1, 0.15) is 11.5 Å². The molecular weight excluding hydrogens is 586 g/mol. The smallest absolute Gasteiger partial charge is 0.416 e. The molecule has 1 aromatic heterocycles. The van der Waals surface area contributed by atoms with E-state index >= 15 is 0 Å². The number of hydrogen-bond acceptors (Lipinski definition) is 1. The number of furan rings is 1. The summed E-state index contributed by atoms with van der Waals surface area (Å²) in [6, 6.07) is 24.9. The van der Waals surface area contributed by atoms with Crippen molar-refractivity contribution in [1.29, 1.82) is 0 Å². The summed E-state index contributed by atoms with van der Waals surface area (Å²) >= 11 is 0. The third-order valence-corrected chi connectivity index (χ3v) is 7.89. The lowest BCUT2D eigenvalue weighted by Gasteiger charge is -2.20. The van der Waals surface area contributed by atoms with E-state index in [9.17, 15) is 26.3 Å². The fourth-order valence-corrected chi connectivity index (χ4v) is 5.34. The summed E-state index contributed by atoms with van der Waals surface area (Å²) in [6.45, 7) is 12.4. The SMILES string of the molecule is CC(C)(C)c1ccc(-c2c(-c3cccc(C(F)(F)F)c3)oc(-c3cccc(C(F)(F)F)c3)c2-c2ccc(C(C)(C)C)cc2)cc1. The van der Waals surface area contributed by atoms with Crippen LogP contribution in [0.15, 0.2) is 101 Å². The Morgan fingerprint density at radius 1 is 0.400 bits per heavy atom. The van der Waals surface area contributed by atoms with Gasteiger partial charge in [-0.1, -0.05) is 114 Å². The van der Waals surface area contributed by atoms with Crippen LogP contribution in [0.1, 0.15) is 63.8 Å². The molecule has 234 valence electrons. The molecule has 45 heavy (non-hydrogen) atoms. The van der Waals surface area contributed by atoms with Gasteiger partial charge in [-0.3, -0.25) is 0 Å². The Kier molecular flexibility index (Phi) is 8.05. The Balaban J connectivity index is 1.88. The lowest BCUT2D eigenvalue weighted by atomic mass is 9.84. The van der Waals surface area contributed by atoms with E-state index in [1.807, 2.05) is 48.5 Å². The van der Waals surface area contributed by atoms with Gasteiger partial charge < -0.3 is 4.42 Å². The highest BCUT2D eigenvalue weighted by Gasteiger charge is 2.34. The van der Waals surface area contributed by atoms with Gasteiger partial charge in [0.15, 0.2) is 0 Å². The fourth-order valence-electron chi connectivity index (χ4n) is 5.34. The number of alkyl halides is 6. The van der Waals surface area contributed by atoms with Gasteiger partial charge in [-0.2, -0.15) is 26.3 Å². The minimum atomic E-state index is -4.60. The first-order valence-corrected chi connectivity index (χ1v) is 14.6. The van der Waals surface area contributed by atoms with Crippen molar-refractivity contribution in [2.75, 3.05) is 0 Å². The molecule has 0 amide bonds. The molecule has 0 aliphatic rings. The van der Waals surface area contributed by atoms with E-state index in [4.69, 9.17) is 4.42 Å². The van der Waals surface area contributed by atoms with Crippen molar-refractivity contribution < 1.29 is 30.8 Å². The third kappa shape index (κ3) is 6.73. The Bertz CT molecular complexity index is 1670. The molecule has 7 heteroatoms. The zero-order valence-corrected chi connectivity index (χ0v) is 25.9. The van der Waals surface area contributed by atoms with Crippen molar-refractivity contribution in [3.63, 3.8) is 0 Å². The van der Waals surface area contributed by atoms with Gasteiger partial charge >= 0.3 is 12.4 Å². The maximum absolute atomic E-state index is 13.8. The highest BCUT2D eigenvalue weighted by atomic mass is 19.4. The average Bonchev–Trinajstić information content (AvgIpc) is 3.36. The van der Waals surface area contributed by atoms with Crippen molar-refractivity contribution >= 4 is 0 Å². The summed E-state index contributed by atoms with van der Waals surface area (Å²) < 4.78 is 89.4. The molecule has 5 rings (SSSR count). The number of benzene rings is 4. The van der Waals surface area contributed by atoms with Crippen LogP contribution in [-0.2, 0) is 23.2 Å². The second kappa shape index (κ2) is 11.3. The Morgan fingerprint density at radius 2 is 0.733 bits per heavy atom. The van der Waals surface area contributed by atoms with Gasteiger partial charge in [0.25, 0.3) is 0 Å². The van der Waals surface area contributed by atoms with E-state index in [0.29, 0.717) is 22.3 Å². The lowest BCUT2D eigenvalue weighted by Crippen LogP contribution is -2.10. The van der Waals surface area contributed by atoms with Crippen LogP contribution in [0.3, 0.4) is 0 Å². The topological polar surface area (TPSA) is 13.1 Å². The minimum absolute atomic E-state index is 0.131. The minimum Gasteiger partial charge on any atom is -0.455 e. The van der Waals surface area contributed by atoms with Gasteiger partial charge in [-0.25, -0.2) is 0 Å². The molecule has 0 bridgehead atoms. The summed E-state index contributed by atoms with van der Waals surface area (Å²) in [5, 5.41) is 0. The normalized spacial score (nSPS) is 12.9. The van der Waals surface area contributed by atoms with E-state index in [0.717, 1.165) is 35.4 Å². The van der Waals surface area contributed by atoms with Crippen molar-refractivity contribution in [2.24, 2.45) is 0 Å². The highest BCUT2D eigenvalue weighted by Crippen LogP contribution is 2.50.